The summed E-state index contributed by atoms with van der Waals surface area (Å²) in [5.74, 6) is 0.886. The smallest absolute Gasteiger partial charge is 0.167 e. The Balaban J connectivity index is 2.07. The SMILES string of the molecule is COc1ccc(Br)c(CNCCNCCO)c1OCc1ccccc1F. The lowest BCUT2D eigenvalue weighted by atomic mass is 10.1. The second-order valence-corrected chi connectivity index (χ2v) is 6.44. The first-order valence-electron chi connectivity index (χ1n) is 8.41. The zero-order valence-electron chi connectivity index (χ0n) is 14.7. The molecule has 0 heterocycles. The van der Waals surface area contributed by atoms with Crippen molar-refractivity contribution in [3.05, 3.63) is 57.8 Å². The van der Waals surface area contributed by atoms with Crippen LogP contribution in [0.2, 0.25) is 0 Å². The van der Waals surface area contributed by atoms with E-state index in [0.717, 1.165) is 23.1 Å². The number of hydrogen-bond donors (Lipinski definition) is 3. The fraction of sp³-hybridized carbons (Fsp3) is 0.368. The van der Waals surface area contributed by atoms with E-state index in [-0.39, 0.29) is 19.0 Å². The van der Waals surface area contributed by atoms with E-state index in [1.165, 1.54) is 6.07 Å². The van der Waals surface area contributed by atoms with E-state index < -0.39 is 0 Å². The van der Waals surface area contributed by atoms with Gasteiger partial charge in [0.15, 0.2) is 11.5 Å². The van der Waals surface area contributed by atoms with E-state index in [9.17, 15) is 4.39 Å². The van der Waals surface area contributed by atoms with Crippen LogP contribution in [0, 0.1) is 5.82 Å². The van der Waals surface area contributed by atoms with Crippen LogP contribution in [0.1, 0.15) is 11.1 Å². The fourth-order valence-electron chi connectivity index (χ4n) is 2.43. The summed E-state index contributed by atoms with van der Waals surface area (Å²) < 4.78 is 26.1. The van der Waals surface area contributed by atoms with Crippen LogP contribution in [-0.2, 0) is 13.2 Å². The molecule has 0 aliphatic rings. The lowest BCUT2D eigenvalue weighted by Crippen LogP contribution is -2.29. The number of benzene rings is 2. The van der Waals surface area contributed by atoms with Crippen LogP contribution in [0.4, 0.5) is 4.39 Å². The molecule has 0 aliphatic heterocycles. The molecular formula is C19H24BrFN2O3. The molecule has 5 nitrogen and oxygen atoms in total. The minimum atomic E-state index is -0.295. The first-order chi connectivity index (χ1) is 12.7. The number of methoxy groups -OCH3 is 1. The molecule has 0 amide bonds. The predicted octanol–water partition coefficient (Wildman–Crippen LogP) is 2.85. The second kappa shape index (κ2) is 11.1. The third-order valence-electron chi connectivity index (χ3n) is 3.79. The average molecular weight is 427 g/mol. The molecule has 3 N–H and O–H groups in total. The molecule has 2 rings (SSSR count). The van der Waals surface area contributed by atoms with Gasteiger partial charge in [0.2, 0.25) is 0 Å². The summed E-state index contributed by atoms with van der Waals surface area (Å²) in [7, 11) is 1.58. The number of hydrogen-bond acceptors (Lipinski definition) is 5. The molecule has 2 aromatic rings. The summed E-state index contributed by atoms with van der Waals surface area (Å²) in [5.41, 5.74) is 1.39. The second-order valence-electron chi connectivity index (χ2n) is 5.59. The standard InChI is InChI=1S/C19H24BrFN2O3/c1-25-18-7-6-16(20)15(12-23-9-8-22-10-11-24)19(18)26-13-14-4-2-3-5-17(14)21/h2-7,22-24H,8-13H2,1H3. The van der Waals surface area contributed by atoms with Crippen LogP contribution in [0.3, 0.4) is 0 Å². The lowest BCUT2D eigenvalue weighted by molar-refractivity contribution is 0.275. The zero-order chi connectivity index (χ0) is 18.8. The maximum Gasteiger partial charge on any atom is 0.167 e. The van der Waals surface area contributed by atoms with Crippen molar-refractivity contribution in [2.75, 3.05) is 33.4 Å². The van der Waals surface area contributed by atoms with Crippen LogP contribution >= 0.6 is 15.9 Å². The van der Waals surface area contributed by atoms with Crippen molar-refractivity contribution in [2.45, 2.75) is 13.2 Å². The topological polar surface area (TPSA) is 62.8 Å². The Morgan fingerprint density at radius 3 is 2.58 bits per heavy atom. The van der Waals surface area contributed by atoms with Crippen LogP contribution < -0.4 is 20.1 Å². The molecule has 0 saturated carbocycles. The van der Waals surface area contributed by atoms with Gasteiger partial charge < -0.3 is 25.2 Å². The lowest BCUT2D eigenvalue weighted by Gasteiger charge is -2.17. The van der Waals surface area contributed by atoms with E-state index in [1.807, 2.05) is 12.1 Å². The highest BCUT2D eigenvalue weighted by molar-refractivity contribution is 9.10. The van der Waals surface area contributed by atoms with Crippen molar-refractivity contribution in [1.82, 2.24) is 10.6 Å². The summed E-state index contributed by atoms with van der Waals surface area (Å²) in [6.07, 6.45) is 0. The molecule has 2 aromatic carbocycles. The maximum atomic E-state index is 13.8. The molecule has 0 saturated heterocycles. The first kappa shape index (κ1) is 20.6. The van der Waals surface area contributed by atoms with Gasteiger partial charge in [0, 0.05) is 41.8 Å². The molecule has 7 heteroatoms. The minimum Gasteiger partial charge on any atom is -0.493 e. The Morgan fingerprint density at radius 1 is 1.08 bits per heavy atom. The quantitative estimate of drug-likeness (QED) is 0.482. The van der Waals surface area contributed by atoms with Crippen LogP contribution in [0.15, 0.2) is 40.9 Å². The largest absolute Gasteiger partial charge is 0.493 e. The molecule has 0 bridgehead atoms. The van der Waals surface area contributed by atoms with Gasteiger partial charge in [-0.3, -0.25) is 0 Å². The summed E-state index contributed by atoms with van der Waals surface area (Å²) in [5, 5.41) is 15.2. The Hall–Kier alpha value is -1.67. The van der Waals surface area contributed by atoms with Crippen LogP contribution in [0.25, 0.3) is 0 Å². The molecular weight excluding hydrogens is 403 g/mol. The molecule has 0 unspecified atom stereocenters. The van der Waals surface area contributed by atoms with Crippen LogP contribution in [0.5, 0.6) is 11.5 Å². The molecule has 0 radical (unpaired) electrons. The highest BCUT2D eigenvalue weighted by Gasteiger charge is 2.15. The van der Waals surface area contributed by atoms with Crippen LogP contribution in [-0.4, -0.2) is 38.5 Å². The zero-order valence-corrected chi connectivity index (χ0v) is 16.3. The van der Waals surface area contributed by atoms with Crippen molar-refractivity contribution < 1.29 is 19.0 Å². The monoisotopic (exact) mass is 426 g/mol. The Bertz CT molecular complexity index is 700. The van der Waals surface area contributed by atoms with Crippen molar-refractivity contribution >= 4 is 15.9 Å². The van der Waals surface area contributed by atoms with Gasteiger partial charge in [-0.25, -0.2) is 4.39 Å². The van der Waals surface area contributed by atoms with Crippen molar-refractivity contribution in [1.29, 1.82) is 0 Å². The highest BCUT2D eigenvalue weighted by Crippen LogP contribution is 2.36. The van der Waals surface area contributed by atoms with E-state index >= 15 is 0 Å². The summed E-state index contributed by atoms with van der Waals surface area (Å²) in [6.45, 7) is 2.84. The van der Waals surface area contributed by atoms with Gasteiger partial charge in [-0.15, -0.1) is 0 Å². The Kier molecular flexibility index (Phi) is 8.84. The molecule has 0 aliphatic carbocycles. The van der Waals surface area contributed by atoms with E-state index in [1.54, 1.807) is 25.3 Å². The van der Waals surface area contributed by atoms with Gasteiger partial charge in [0.25, 0.3) is 0 Å². The normalized spacial score (nSPS) is 10.8. The number of ether oxygens (including phenoxy) is 2. The van der Waals surface area contributed by atoms with Crippen molar-refractivity contribution in [3.8, 4) is 11.5 Å². The third kappa shape index (κ3) is 5.95. The molecule has 142 valence electrons. The van der Waals surface area contributed by atoms with E-state index in [0.29, 0.717) is 30.2 Å². The van der Waals surface area contributed by atoms with Gasteiger partial charge in [-0.1, -0.05) is 34.1 Å². The molecule has 26 heavy (non-hydrogen) atoms. The van der Waals surface area contributed by atoms with Crippen molar-refractivity contribution in [2.24, 2.45) is 0 Å². The summed E-state index contributed by atoms with van der Waals surface area (Å²) >= 11 is 3.55. The van der Waals surface area contributed by atoms with Gasteiger partial charge in [-0.2, -0.15) is 0 Å². The molecule has 0 fully saturated rings. The fourth-order valence-corrected chi connectivity index (χ4v) is 2.88. The molecule has 0 atom stereocenters. The number of halogens is 2. The average Bonchev–Trinajstić information content (AvgIpc) is 2.65. The van der Waals surface area contributed by atoms with E-state index in [2.05, 4.69) is 26.6 Å². The number of aliphatic hydroxyl groups is 1. The van der Waals surface area contributed by atoms with Crippen molar-refractivity contribution in [3.63, 3.8) is 0 Å². The van der Waals surface area contributed by atoms with E-state index in [4.69, 9.17) is 14.6 Å². The maximum absolute atomic E-state index is 13.8. The molecule has 0 spiro atoms. The number of rotatable bonds is 11. The summed E-state index contributed by atoms with van der Waals surface area (Å²) in [6, 6.07) is 10.3. The highest BCUT2D eigenvalue weighted by atomic mass is 79.9. The first-order valence-corrected chi connectivity index (χ1v) is 9.20. The number of aliphatic hydroxyl groups excluding tert-OH is 1. The third-order valence-corrected chi connectivity index (χ3v) is 4.53. The van der Waals surface area contributed by atoms with Gasteiger partial charge >= 0.3 is 0 Å². The summed E-state index contributed by atoms with van der Waals surface area (Å²) in [4.78, 5) is 0. The van der Waals surface area contributed by atoms with Gasteiger partial charge in [0.05, 0.1) is 13.7 Å². The number of nitrogens with one attached hydrogen (secondary N) is 2. The molecule has 0 aromatic heterocycles. The minimum absolute atomic E-state index is 0.116. The Morgan fingerprint density at radius 2 is 1.85 bits per heavy atom. The van der Waals surface area contributed by atoms with Gasteiger partial charge in [0.1, 0.15) is 12.4 Å². The predicted molar refractivity (Wildman–Crippen MR) is 103 cm³/mol. The Labute approximate surface area is 161 Å². The van der Waals surface area contributed by atoms with Gasteiger partial charge in [-0.05, 0) is 18.2 Å².